The van der Waals surface area contributed by atoms with Gasteiger partial charge in [0.2, 0.25) is 0 Å². The van der Waals surface area contributed by atoms with Crippen molar-refractivity contribution in [2.24, 2.45) is 0 Å². The Morgan fingerprint density at radius 1 is 1.64 bits per heavy atom. The first-order valence-electron chi connectivity index (χ1n) is 4.31. The molecule has 0 saturated heterocycles. The van der Waals surface area contributed by atoms with Gasteiger partial charge >= 0.3 is 0 Å². The van der Waals surface area contributed by atoms with Gasteiger partial charge in [0.25, 0.3) is 5.91 Å². The van der Waals surface area contributed by atoms with Crippen molar-refractivity contribution in [2.45, 2.75) is 6.92 Å². The van der Waals surface area contributed by atoms with E-state index in [-0.39, 0.29) is 5.91 Å². The molecule has 0 saturated carbocycles. The van der Waals surface area contributed by atoms with E-state index in [1.54, 1.807) is 12.1 Å². The molecule has 1 aromatic carbocycles. The van der Waals surface area contributed by atoms with Crippen LogP contribution < -0.4 is 5.32 Å². The molecule has 0 aromatic heterocycles. The minimum Gasteiger partial charge on any atom is -0.349 e. The van der Waals surface area contributed by atoms with Crippen molar-refractivity contribution in [1.29, 1.82) is 0 Å². The molecule has 0 spiro atoms. The first-order valence-corrected chi connectivity index (χ1v) is 5.10. The Morgan fingerprint density at radius 2 is 2.36 bits per heavy atom. The summed E-state index contributed by atoms with van der Waals surface area (Å²) < 4.78 is 0.948. The van der Waals surface area contributed by atoms with E-state index in [9.17, 15) is 4.79 Å². The number of rotatable bonds is 3. The van der Waals surface area contributed by atoms with Crippen molar-refractivity contribution in [3.63, 3.8) is 0 Å². The third kappa shape index (κ3) is 2.45. The van der Waals surface area contributed by atoms with Crippen LogP contribution in [0.5, 0.6) is 0 Å². The van der Waals surface area contributed by atoms with E-state index in [1.807, 2.05) is 19.1 Å². The Hall–Kier alpha value is -1.09. The maximum Gasteiger partial charge on any atom is 0.251 e. The number of benzene rings is 1. The number of amides is 1. The molecule has 0 fully saturated rings. The van der Waals surface area contributed by atoms with Gasteiger partial charge in [0.05, 0.1) is 0 Å². The zero-order valence-electron chi connectivity index (χ0n) is 8.01. The highest BCUT2D eigenvalue weighted by molar-refractivity contribution is 9.10. The highest BCUT2D eigenvalue weighted by Gasteiger charge is 2.08. The summed E-state index contributed by atoms with van der Waals surface area (Å²) in [7, 11) is 0. The summed E-state index contributed by atoms with van der Waals surface area (Å²) in [5.74, 6) is -0.0660. The highest BCUT2D eigenvalue weighted by atomic mass is 79.9. The molecule has 3 heteroatoms. The Morgan fingerprint density at radius 3 is 3.00 bits per heavy atom. The van der Waals surface area contributed by atoms with Gasteiger partial charge < -0.3 is 5.32 Å². The molecule has 0 aliphatic heterocycles. The first kappa shape index (κ1) is 11.0. The fourth-order valence-electron chi connectivity index (χ4n) is 1.11. The second-order valence-corrected chi connectivity index (χ2v) is 3.77. The van der Waals surface area contributed by atoms with Crippen LogP contribution >= 0.6 is 15.9 Å². The van der Waals surface area contributed by atoms with Gasteiger partial charge in [0.1, 0.15) is 0 Å². The van der Waals surface area contributed by atoms with Gasteiger partial charge in [-0.1, -0.05) is 28.1 Å². The topological polar surface area (TPSA) is 29.1 Å². The third-order valence-electron chi connectivity index (χ3n) is 1.92. The van der Waals surface area contributed by atoms with Crippen molar-refractivity contribution in [3.8, 4) is 0 Å². The average molecular weight is 254 g/mol. The SMILES string of the molecule is C=CCNC(=O)c1cccc(Br)c1C. The molecule has 1 aromatic rings. The summed E-state index contributed by atoms with van der Waals surface area (Å²) in [6, 6.07) is 5.57. The summed E-state index contributed by atoms with van der Waals surface area (Å²) in [4.78, 5) is 11.6. The molecule has 0 heterocycles. The molecule has 1 N–H and O–H groups in total. The maximum atomic E-state index is 11.6. The van der Waals surface area contributed by atoms with E-state index in [1.165, 1.54) is 0 Å². The van der Waals surface area contributed by atoms with Crippen LogP contribution in [0.15, 0.2) is 35.3 Å². The molecule has 1 amide bonds. The summed E-state index contributed by atoms with van der Waals surface area (Å²) in [5, 5.41) is 2.74. The predicted octanol–water partition coefficient (Wildman–Crippen LogP) is 2.67. The molecule has 74 valence electrons. The number of carbonyl (C=O) groups excluding carboxylic acids is 1. The van der Waals surface area contributed by atoms with E-state index in [2.05, 4.69) is 27.8 Å². The van der Waals surface area contributed by atoms with Crippen molar-refractivity contribution in [2.75, 3.05) is 6.54 Å². The van der Waals surface area contributed by atoms with Gasteiger partial charge in [-0.3, -0.25) is 4.79 Å². The van der Waals surface area contributed by atoms with Crippen LogP contribution in [0.1, 0.15) is 15.9 Å². The van der Waals surface area contributed by atoms with Crippen LogP contribution in [-0.2, 0) is 0 Å². The monoisotopic (exact) mass is 253 g/mol. The second-order valence-electron chi connectivity index (χ2n) is 2.91. The van der Waals surface area contributed by atoms with E-state index < -0.39 is 0 Å². The van der Waals surface area contributed by atoms with Gasteiger partial charge in [0.15, 0.2) is 0 Å². The lowest BCUT2D eigenvalue weighted by molar-refractivity contribution is 0.0957. The highest BCUT2D eigenvalue weighted by Crippen LogP contribution is 2.19. The molecule has 0 aliphatic carbocycles. The zero-order chi connectivity index (χ0) is 10.6. The zero-order valence-corrected chi connectivity index (χ0v) is 9.60. The van der Waals surface area contributed by atoms with Crippen molar-refractivity contribution in [1.82, 2.24) is 5.32 Å². The quantitative estimate of drug-likeness (QED) is 0.825. The van der Waals surface area contributed by atoms with Crippen LogP contribution in [0.3, 0.4) is 0 Å². The summed E-state index contributed by atoms with van der Waals surface area (Å²) in [5.41, 5.74) is 1.65. The number of carbonyl (C=O) groups is 1. The van der Waals surface area contributed by atoms with E-state index in [0.29, 0.717) is 12.1 Å². The van der Waals surface area contributed by atoms with Gasteiger partial charge in [-0.05, 0) is 24.6 Å². The predicted molar refractivity (Wildman–Crippen MR) is 61.4 cm³/mol. The lowest BCUT2D eigenvalue weighted by Gasteiger charge is -2.06. The fourth-order valence-corrected chi connectivity index (χ4v) is 1.48. The molecule has 2 nitrogen and oxygen atoms in total. The number of hydrogen-bond donors (Lipinski definition) is 1. The smallest absolute Gasteiger partial charge is 0.251 e. The van der Waals surface area contributed by atoms with Crippen molar-refractivity contribution >= 4 is 21.8 Å². The molecule has 0 bridgehead atoms. The molecular weight excluding hydrogens is 242 g/mol. The van der Waals surface area contributed by atoms with Crippen molar-refractivity contribution in [3.05, 3.63) is 46.5 Å². The number of halogens is 1. The van der Waals surface area contributed by atoms with Gasteiger partial charge in [-0.25, -0.2) is 0 Å². The largest absolute Gasteiger partial charge is 0.349 e. The standard InChI is InChI=1S/C11H12BrNO/c1-3-7-13-11(14)9-5-4-6-10(12)8(9)2/h3-6H,1,7H2,2H3,(H,13,14). The van der Waals surface area contributed by atoms with Gasteiger partial charge in [-0.15, -0.1) is 6.58 Å². The third-order valence-corrected chi connectivity index (χ3v) is 2.78. The number of hydrogen-bond acceptors (Lipinski definition) is 1. The Kier molecular flexibility index (Phi) is 3.89. The van der Waals surface area contributed by atoms with Crippen LogP contribution in [-0.4, -0.2) is 12.5 Å². The van der Waals surface area contributed by atoms with E-state index >= 15 is 0 Å². The molecule has 0 atom stereocenters. The fraction of sp³-hybridized carbons (Fsp3) is 0.182. The molecule has 14 heavy (non-hydrogen) atoms. The summed E-state index contributed by atoms with van der Waals surface area (Å²) in [6.45, 7) is 5.94. The lowest BCUT2D eigenvalue weighted by Crippen LogP contribution is -2.24. The molecule has 0 radical (unpaired) electrons. The Bertz CT molecular complexity index is 360. The number of nitrogens with one attached hydrogen (secondary N) is 1. The average Bonchev–Trinajstić information content (AvgIpc) is 2.18. The van der Waals surface area contributed by atoms with E-state index in [4.69, 9.17) is 0 Å². The minimum atomic E-state index is -0.0660. The summed E-state index contributed by atoms with van der Waals surface area (Å²) in [6.07, 6.45) is 1.66. The lowest BCUT2D eigenvalue weighted by atomic mass is 10.1. The first-order chi connectivity index (χ1) is 6.66. The van der Waals surface area contributed by atoms with Crippen LogP contribution in [0.25, 0.3) is 0 Å². The Labute approximate surface area is 92.1 Å². The van der Waals surface area contributed by atoms with E-state index in [0.717, 1.165) is 10.0 Å². The van der Waals surface area contributed by atoms with Crippen molar-refractivity contribution < 1.29 is 4.79 Å². The summed E-state index contributed by atoms with van der Waals surface area (Å²) >= 11 is 3.38. The van der Waals surface area contributed by atoms with Crippen LogP contribution in [0.4, 0.5) is 0 Å². The second kappa shape index (κ2) is 4.96. The van der Waals surface area contributed by atoms with Crippen LogP contribution in [0, 0.1) is 6.92 Å². The molecule has 0 unspecified atom stereocenters. The molecular formula is C11H12BrNO. The maximum absolute atomic E-state index is 11.6. The minimum absolute atomic E-state index is 0.0660. The Balaban J connectivity index is 2.89. The normalized spacial score (nSPS) is 9.57. The molecule has 1 rings (SSSR count). The molecule has 0 aliphatic rings. The van der Waals surface area contributed by atoms with Gasteiger partial charge in [0, 0.05) is 16.6 Å². The van der Waals surface area contributed by atoms with Crippen LogP contribution in [0.2, 0.25) is 0 Å². The van der Waals surface area contributed by atoms with Gasteiger partial charge in [-0.2, -0.15) is 0 Å².